The molecule has 2 amide bonds. The van der Waals surface area contributed by atoms with Gasteiger partial charge in [0.25, 0.3) is 11.8 Å². The zero-order chi connectivity index (χ0) is 22.5. The minimum Gasteiger partial charge on any atom is -0.493 e. The molecule has 1 aromatic carbocycles. The number of benzene rings is 1. The lowest BCUT2D eigenvalue weighted by molar-refractivity contribution is -0.112. The third kappa shape index (κ3) is 5.06. The van der Waals surface area contributed by atoms with E-state index < -0.39 is 11.8 Å². The van der Waals surface area contributed by atoms with Crippen LogP contribution in [0.25, 0.3) is 6.08 Å². The second kappa shape index (κ2) is 9.67. The number of hydrogen-bond acceptors (Lipinski definition) is 6. The molecule has 1 heterocycles. The molecule has 0 unspecified atom stereocenters. The minimum atomic E-state index is -0.593. The maximum Gasteiger partial charge on any atom is 0.266 e. The fourth-order valence-electron chi connectivity index (χ4n) is 3.53. The smallest absolute Gasteiger partial charge is 0.266 e. The number of anilines is 1. The highest BCUT2D eigenvalue weighted by Crippen LogP contribution is 2.38. The summed E-state index contributed by atoms with van der Waals surface area (Å²) in [5, 5.41) is 12.7. The lowest BCUT2D eigenvalue weighted by Gasteiger charge is -2.14. The van der Waals surface area contributed by atoms with Gasteiger partial charge in [0.2, 0.25) is 0 Å². The molecule has 0 atom stereocenters. The van der Waals surface area contributed by atoms with Crippen molar-refractivity contribution in [2.75, 3.05) is 12.4 Å². The fourth-order valence-corrected chi connectivity index (χ4v) is 4.82. The standard InChI is InChI=1S/C23H25N3O4S/c1-13(2)30-17-9-8-14(11-18(17)29-3)10-15(12-24)22(28)26-23-20(21(25)27)16-6-4-5-7-19(16)31-23/h8-11,13H,4-7H2,1-3H3,(H2,25,27)(H,26,28). The van der Waals surface area contributed by atoms with E-state index in [4.69, 9.17) is 15.2 Å². The number of aryl methyl sites for hydroxylation is 1. The molecule has 2 aromatic rings. The Labute approximate surface area is 185 Å². The minimum absolute atomic E-state index is 0.0215. The van der Waals surface area contributed by atoms with E-state index in [1.54, 1.807) is 18.2 Å². The first-order valence-corrected chi connectivity index (χ1v) is 10.9. The van der Waals surface area contributed by atoms with Gasteiger partial charge in [0.15, 0.2) is 11.5 Å². The van der Waals surface area contributed by atoms with Crippen molar-refractivity contribution in [3.8, 4) is 17.6 Å². The SMILES string of the molecule is COc1cc(C=C(C#N)C(=O)Nc2sc3c(c2C(N)=O)CCCC3)ccc1OC(C)C. The number of carbonyl (C=O) groups is 2. The monoisotopic (exact) mass is 439 g/mol. The van der Waals surface area contributed by atoms with Crippen molar-refractivity contribution in [2.24, 2.45) is 5.73 Å². The highest BCUT2D eigenvalue weighted by atomic mass is 32.1. The van der Waals surface area contributed by atoms with E-state index in [2.05, 4.69) is 5.32 Å². The quantitative estimate of drug-likeness (QED) is 0.499. The Morgan fingerprint density at radius 2 is 2.00 bits per heavy atom. The summed E-state index contributed by atoms with van der Waals surface area (Å²) in [7, 11) is 1.53. The maximum absolute atomic E-state index is 12.8. The van der Waals surface area contributed by atoms with Gasteiger partial charge < -0.3 is 20.5 Å². The van der Waals surface area contributed by atoms with Crippen molar-refractivity contribution in [1.82, 2.24) is 0 Å². The van der Waals surface area contributed by atoms with Gasteiger partial charge in [0, 0.05) is 4.88 Å². The third-order valence-electron chi connectivity index (χ3n) is 4.87. The summed E-state index contributed by atoms with van der Waals surface area (Å²) >= 11 is 1.36. The van der Waals surface area contributed by atoms with Crippen molar-refractivity contribution in [3.05, 3.63) is 45.3 Å². The van der Waals surface area contributed by atoms with Crippen molar-refractivity contribution >= 4 is 34.2 Å². The van der Waals surface area contributed by atoms with Crippen LogP contribution in [0.1, 0.15) is 53.1 Å². The largest absolute Gasteiger partial charge is 0.493 e. The second-order valence-electron chi connectivity index (χ2n) is 7.48. The molecule has 0 bridgehead atoms. The Hall–Kier alpha value is -3.31. The zero-order valence-electron chi connectivity index (χ0n) is 17.8. The predicted molar refractivity (Wildman–Crippen MR) is 120 cm³/mol. The number of fused-ring (bicyclic) bond motifs is 1. The summed E-state index contributed by atoms with van der Waals surface area (Å²) in [6.07, 6.45) is 5.11. The Morgan fingerprint density at radius 1 is 1.26 bits per heavy atom. The van der Waals surface area contributed by atoms with E-state index in [-0.39, 0.29) is 11.7 Å². The molecule has 1 aliphatic carbocycles. The van der Waals surface area contributed by atoms with Crippen molar-refractivity contribution in [3.63, 3.8) is 0 Å². The molecule has 0 radical (unpaired) electrons. The molecule has 0 fully saturated rings. The molecule has 3 rings (SSSR count). The Morgan fingerprint density at radius 3 is 2.65 bits per heavy atom. The maximum atomic E-state index is 12.8. The van der Waals surface area contributed by atoms with Gasteiger partial charge in [-0.05, 0) is 68.9 Å². The lowest BCUT2D eigenvalue weighted by atomic mass is 9.95. The van der Waals surface area contributed by atoms with E-state index in [1.165, 1.54) is 24.5 Å². The van der Waals surface area contributed by atoms with Crippen LogP contribution in [0.5, 0.6) is 11.5 Å². The number of carbonyl (C=O) groups excluding carboxylic acids is 2. The number of nitriles is 1. The van der Waals surface area contributed by atoms with Crippen LogP contribution in [0.3, 0.4) is 0 Å². The first kappa shape index (κ1) is 22.4. The number of primary amides is 1. The number of hydrogen-bond donors (Lipinski definition) is 2. The van der Waals surface area contributed by atoms with Crippen LogP contribution in [0, 0.1) is 11.3 Å². The molecule has 1 aromatic heterocycles. The van der Waals surface area contributed by atoms with Crippen LogP contribution in [0.2, 0.25) is 0 Å². The van der Waals surface area contributed by atoms with Gasteiger partial charge in [-0.15, -0.1) is 11.3 Å². The molecule has 0 saturated heterocycles. The fraction of sp³-hybridized carbons (Fsp3) is 0.348. The molecular formula is C23H25N3O4S. The molecule has 3 N–H and O–H groups in total. The Balaban J connectivity index is 1.88. The van der Waals surface area contributed by atoms with Crippen molar-refractivity contribution in [2.45, 2.75) is 45.6 Å². The first-order chi connectivity index (χ1) is 14.8. The van der Waals surface area contributed by atoms with Crippen LogP contribution in [-0.2, 0) is 17.6 Å². The average Bonchev–Trinajstić information content (AvgIpc) is 3.10. The number of nitrogens with one attached hydrogen (secondary N) is 1. The summed E-state index contributed by atoms with van der Waals surface area (Å²) < 4.78 is 11.1. The van der Waals surface area contributed by atoms with Crippen LogP contribution in [0.4, 0.5) is 5.00 Å². The molecule has 31 heavy (non-hydrogen) atoms. The van der Waals surface area contributed by atoms with E-state index >= 15 is 0 Å². The number of nitrogens with zero attached hydrogens (tertiary/aromatic N) is 1. The molecule has 7 nitrogen and oxygen atoms in total. The zero-order valence-corrected chi connectivity index (χ0v) is 18.6. The molecule has 8 heteroatoms. The van der Waals surface area contributed by atoms with Crippen molar-refractivity contribution in [1.29, 1.82) is 5.26 Å². The number of rotatable bonds is 7. The van der Waals surface area contributed by atoms with E-state index in [1.807, 2.05) is 19.9 Å². The topological polar surface area (TPSA) is 114 Å². The normalized spacial score (nSPS) is 13.3. The second-order valence-corrected chi connectivity index (χ2v) is 8.59. The number of ether oxygens (including phenoxy) is 2. The molecular weight excluding hydrogens is 414 g/mol. The van der Waals surface area contributed by atoms with Gasteiger partial charge >= 0.3 is 0 Å². The summed E-state index contributed by atoms with van der Waals surface area (Å²) in [4.78, 5) is 25.9. The molecule has 1 aliphatic rings. The average molecular weight is 440 g/mol. The summed E-state index contributed by atoms with van der Waals surface area (Å²) in [6.45, 7) is 3.82. The van der Waals surface area contributed by atoms with Gasteiger partial charge in [0.1, 0.15) is 16.6 Å². The number of methoxy groups -OCH3 is 1. The first-order valence-electron chi connectivity index (χ1n) is 10.1. The van der Waals surface area contributed by atoms with Gasteiger partial charge in [-0.1, -0.05) is 6.07 Å². The Kier molecular flexibility index (Phi) is 6.98. The number of thiophene rings is 1. The van der Waals surface area contributed by atoms with Gasteiger partial charge in [-0.2, -0.15) is 5.26 Å². The van der Waals surface area contributed by atoms with E-state index in [9.17, 15) is 14.9 Å². The highest BCUT2D eigenvalue weighted by molar-refractivity contribution is 7.17. The van der Waals surface area contributed by atoms with E-state index in [0.29, 0.717) is 27.6 Å². The lowest BCUT2D eigenvalue weighted by Crippen LogP contribution is -2.19. The van der Waals surface area contributed by atoms with Gasteiger partial charge in [-0.25, -0.2) is 0 Å². The molecule has 162 valence electrons. The van der Waals surface area contributed by atoms with E-state index in [0.717, 1.165) is 36.1 Å². The third-order valence-corrected chi connectivity index (χ3v) is 6.08. The predicted octanol–water partition coefficient (Wildman–Crippen LogP) is 4.07. The van der Waals surface area contributed by atoms with Gasteiger partial charge in [-0.3, -0.25) is 9.59 Å². The molecule has 0 aliphatic heterocycles. The van der Waals surface area contributed by atoms with Crippen LogP contribution in [0.15, 0.2) is 23.8 Å². The van der Waals surface area contributed by atoms with Crippen LogP contribution in [-0.4, -0.2) is 25.0 Å². The van der Waals surface area contributed by atoms with Crippen LogP contribution < -0.4 is 20.5 Å². The molecule has 0 saturated carbocycles. The van der Waals surface area contributed by atoms with Crippen molar-refractivity contribution < 1.29 is 19.1 Å². The summed E-state index contributed by atoms with van der Waals surface area (Å²) in [5.74, 6) is -0.0808. The van der Waals surface area contributed by atoms with Crippen LogP contribution >= 0.6 is 11.3 Å². The number of amides is 2. The van der Waals surface area contributed by atoms with Gasteiger partial charge in [0.05, 0.1) is 18.8 Å². The highest BCUT2D eigenvalue weighted by Gasteiger charge is 2.25. The summed E-state index contributed by atoms with van der Waals surface area (Å²) in [6, 6.07) is 7.10. The Bertz CT molecular complexity index is 1080. The number of nitrogens with two attached hydrogens (primary N) is 1. The summed E-state index contributed by atoms with van der Waals surface area (Å²) in [5.41, 5.74) is 7.38. The molecule has 0 spiro atoms.